The van der Waals surface area contributed by atoms with Gasteiger partial charge in [0.2, 0.25) is 46.0 Å². The summed E-state index contributed by atoms with van der Waals surface area (Å²) in [5.74, 6) is -33.4. The predicted octanol–water partition coefficient (Wildman–Crippen LogP) is 9.53. The van der Waals surface area contributed by atoms with E-state index in [9.17, 15) is 71.9 Å². The molecule has 101 heavy (non-hydrogen) atoms. The summed E-state index contributed by atoms with van der Waals surface area (Å²) in [4.78, 5) is 191. The molecule has 35 heteroatoms. The van der Waals surface area contributed by atoms with Crippen molar-refractivity contribution in [2.45, 2.75) is 104 Å². The normalized spacial score (nSPS) is 10.3. The average molecular weight is 1410 g/mol. The first-order valence-electron chi connectivity index (χ1n) is 28.6. The Morgan fingerprint density at radius 3 is 0.574 bits per heavy atom. The molecular weight excluding hydrogens is 1350 g/mol. The Labute approximate surface area is 568 Å². The van der Waals surface area contributed by atoms with Crippen LogP contribution in [0.15, 0.2) is 66.7 Å². The van der Waals surface area contributed by atoms with Crippen LogP contribution in [-0.2, 0) is 71.9 Å². The van der Waals surface area contributed by atoms with Gasteiger partial charge >= 0.3 is 89.5 Å². The van der Waals surface area contributed by atoms with Crippen LogP contribution >= 0.6 is 0 Å². The van der Waals surface area contributed by atoms with Gasteiger partial charge in [-0.2, -0.15) is 0 Å². The molecule has 0 radical (unpaired) electrons. The minimum absolute atomic E-state index is 0.353. The molecule has 0 saturated heterocycles. The predicted molar refractivity (Wildman–Crippen MR) is 329 cm³/mol. The van der Waals surface area contributed by atoms with Gasteiger partial charge in [-0.15, -0.1) is 0 Å². The van der Waals surface area contributed by atoms with Crippen molar-refractivity contribution in [1.29, 1.82) is 0 Å². The van der Waals surface area contributed by atoms with Crippen molar-refractivity contribution in [2.75, 3.05) is 0 Å². The molecule has 0 atom stereocenters. The molecule has 0 heterocycles. The molecule has 6 rings (SSSR count). The van der Waals surface area contributed by atoms with Crippen LogP contribution < -0.4 is 94.7 Å². The summed E-state index contributed by atoms with van der Waals surface area (Å²) in [5.41, 5.74) is 0. The van der Waals surface area contributed by atoms with Crippen molar-refractivity contribution in [1.82, 2.24) is 0 Å². The SMILES string of the molecule is CC(=O)Oc1cc(OC(C)=O)c(Oc2cc(OC(C)=O)c(Oc3cc(OC(C)=O)c(OC(C)=O)c(OC(C)=O)c3Oc3cc(OC(C)=O)c(Oc4cc(OC(C)=O)c(OC(C)=O)c(OC(C)=O)c4)c(OC(C)=O)c3)c(OC(C)=O)c2)c(Oc2c(OC(C)=O)cc(OC(C)=O)cc2OC(C)=O)c1. The summed E-state index contributed by atoms with van der Waals surface area (Å²) in [6, 6.07) is 9.88. The number of carbonyl (C=O) groups is 15. The number of benzene rings is 6. The van der Waals surface area contributed by atoms with Crippen molar-refractivity contribution in [3.05, 3.63) is 66.7 Å². The lowest BCUT2D eigenvalue weighted by Crippen LogP contribution is -2.12. The highest BCUT2D eigenvalue weighted by atomic mass is 16.6. The van der Waals surface area contributed by atoms with E-state index in [0.29, 0.717) is 0 Å². The third-order valence-corrected chi connectivity index (χ3v) is 11.0. The first-order valence-corrected chi connectivity index (χ1v) is 28.6. The molecule has 0 unspecified atom stereocenters. The fourth-order valence-electron chi connectivity index (χ4n) is 8.22. The molecule has 0 saturated carbocycles. The molecule has 0 fully saturated rings. The van der Waals surface area contributed by atoms with E-state index >= 15 is 0 Å². The van der Waals surface area contributed by atoms with Crippen LogP contribution in [0.4, 0.5) is 0 Å². The van der Waals surface area contributed by atoms with E-state index in [0.717, 1.165) is 171 Å². The largest absolute Gasteiger partial charge is 0.449 e. The lowest BCUT2D eigenvalue weighted by Gasteiger charge is -2.23. The van der Waals surface area contributed by atoms with Crippen molar-refractivity contribution in [3.63, 3.8) is 0 Å². The number of ether oxygens (including phenoxy) is 20. The second kappa shape index (κ2) is 33.4. The number of hydrogen-bond donors (Lipinski definition) is 0. The van der Waals surface area contributed by atoms with Crippen LogP contribution in [0.25, 0.3) is 0 Å². The topological polar surface area (TPSA) is 441 Å². The van der Waals surface area contributed by atoms with E-state index in [-0.39, 0.29) is 5.75 Å². The van der Waals surface area contributed by atoms with Gasteiger partial charge in [0, 0.05) is 171 Å². The third-order valence-electron chi connectivity index (χ3n) is 11.0. The van der Waals surface area contributed by atoms with Crippen LogP contribution in [0, 0.1) is 0 Å². The number of rotatable bonds is 25. The van der Waals surface area contributed by atoms with Crippen molar-refractivity contribution < 1.29 is 167 Å². The third kappa shape index (κ3) is 22.2. The minimum atomic E-state index is -1.23. The molecule has 6 aromatic rings. The maximum Gasteiger partial charge on any atom is 0.308 e. The fraction of sp³-hybridized carbons (Fsp3) is 0.227. The zero-order chi connectivity index (χ0) is 75.0. The Balaban J connectivity index is 1.70. The Morgan fingerprint density at radius 2 is 0.317 bits per heavy atom. The lowest BCUT2D eigenvalue weighted by molar-refractivity contribution is -0.135. The highest BCUT2D eigenvalue weighted by Gasteiger charge is 2.34. The lowest BCUT2D eigenvalue weighted by atomic mass is 10.2. The van der Waals surface area contributed by atoms with E-state index in [1.165, 1.54) is 0 Å². The molecule has 0 N–H and O–H groups in total. The smallest absolute Gasteiger partial charge is 0.308 e. The van der Waals surface area contributed by atoms with E-state index in [4.69, 9.17) is 94.7 Å². The van der Waals surface area contributed by atoms with Crippen molar-refractivity contribution in [2.24, 2.45) is 0 Å². The zero-order valence-electron chi connectivity index (χ0n) is 55.6. The number of carbonyl (C=O) groups excluding carboxylic acids is 15. The van der Waals surface area contributed by atoms with Crippen molar-refractivity contribution >= 4 is 89.5 Å². The quantitative estimate of drug-likeness (QED) is 0.0380. The van der Waals surface area contributed by atoms with Crippen LogP contribution in [0.3, 0.4) is 0 Å². The monoisotopic (exact) mass is 1410 g/mol. The van der Waals surface area contributed by atoms with Crippen LogP contribution in [-0.4, -0.2) is 89.5 Å². The molecule has 0 amide bonds. The van der Waals surface area contributed by atoms with Gasteiger partial charge in [0.05, 0.1) is 0 Å². The van der Waals surface area contributed by atoms with E-state index < -0.39 is 228 Å². The van der Waals surface area contributed by atoms with E-state index in [1.54, 1.807) is 0 Å². The van der Waals surface area contributed by atoms with Gasteiger partial charge in [-0.05, 0) is 0 Å². The summed E-state index contributed by atoms with van der Waals surface area (Å²) >= 11 is 0. The van der Waals surface area contributed by atoms with Crippen molar-refractivity contribution in [3.8, 4) is 144 Å². The molecule has 0 aliphatic heterocycles. The van der Waals surface area contributed by atoms with Gasteiger partial charge in [0.15, 0.2) is 69.0 Å². The molecule has 0 aromatic heterocycles. The minimum Gasteiger partial charge on any atom is -0.449 e. The molecule has 0 bridgehead atoms. The number of esters is 15. The maximum absolute atomic E-state index is 13.2. The molecule has 6 aromatic carbocycles. The molecule has 530 valence electrons. The highest BCUT2D eigenvalue weighted by molar-refractivity contribution is 5.85. The Hall–Kier alpha value is -13.6. The van der Waals surface area contributed by atoms with Crippen LogP contribution in [0.1, 0.15) is 104 Å². The van der Waals surface area contributed by atoms with E-state index in [1.807, 2.05) is 0 Å². The second-order valence-electron chi connectivity index (χ2n) is 20.0. The Kier molecular flexibility index (Phi) is 25.2. The molecule has 0 aliphatic rings. The Morgan fingerprint density at radius 1 is 0.149 bits per heavy atom. The summed E-state index contributed by atoms with van der Waals surface area (Å²) in [5, 5.41) is 0. The maximum atomic E-state index is 13.2. The summed E-state index contributed by atoms with van der Waals surface area (Å²) in [6.07, 6.45) is 0. The molecule has 35 nitrogen and oxygen atoms in total. The molecule has 0 aliphatic carbocycles. The van der Waals surface area contributed by atoms with Gasteiger partial charge in [-0.3, -0.25) is 71.9 Å². The van der Waals surface area contributed by atoms with Crippen LogP contribution in [0.5, 0.6) is 144 Å². The van der Waals surface area contributed by atoms with Gasteiger partial charge in [-0.25, -0.2) is 0 Å². The Bertz CT molecular complexity index is 4310. The van der Waals surface area contributed by atoms with Gasteiger partial charge in [0.25, 0.3) is 0 Å². The average Bonchev–Trinajstić information content (AvgIpc) is 0.775. The van der Waals surface area contributed by atoms with E-state index in [2.05, 4.69) is 0 Å². The van der Waals surface area contributed by atoms with Gasteiger partial charge in [-0.1, -0.05) is 0 Å². The fourth-order valence-corrected chi connectivity index (χ4v) is 8.22. The van der Waals surface area contributed by atoms with Gasteiger partial charge < -0.3 is 94.7 Å². The number of hydrogen-bond acceptors (Lipinski definition) is 35. The zero-order valence-corrected chi connectivity index (χ0v) is 55.6. The second-order valence-corrected chi connectivity index (χ2v) is 20.0. The highest BCUT2D eigenvalue weighted by Crippen LogP contribution is 2.58. The molecular formula is C66H56O35. The standard InChI is InChI=1S/C66H56O35/c1-27(67)82-42-17-52(89-34(8)74)62(53(18-42)90-35(9)75)100-56-19-43(83-28(2)68)16-49(86-31(5)71)61(56)98-45-22-54(91-36(10)76)63(55(23-45)92-37(11)77)101-58-26-57(93-38(12)78)64(95-40(14)80)66(96-41(15)81)65(58)99-46-24-50(87-32(6)72)60(51(25-46)88-33(7)73)97-44-20-47(84-29(3)69)59(94-39(13)79)48(21-44)85-30(4)70/h16-26H,1-15H3. The summed E-state index contributed by atoms with van der Waals surface area (Å²) in [6.45, 7) is 13.9. The molecule has 0 spiro atoms. The summed E-state index contributed by atoms with van der Waals surface area (Å²) in [7, 11) is 0. The first kappa shape index (κ1) is 76.4. The first-order chi connectivity index (χ1) is 47.3. The van der Waals surface area contributed by atoms with Gasteiger partial charge in [0.1, 0.15) is 28.7 Å². The summed E-state index contributed by atoms with van der Waals surface area (Å²) < 4.78 is 112. The van der Waals surface area contributed by atoms with Crippen LogP contribution in [0.2, 0.25) is 0 Å².